The van der Waals surface area contributed by atoms with Crippen LogP contribution < -0.4 is 10.1 Å². The van der Waals surface area contributed by atoms with Crippen molar-refractivity contribution in [2.24, 2.45) is 0 Å². The highest BCUT2D eigenvalue weighted by atomic mass is 16.5. The topological polar surface area (TPSA) is 61.8 Å². The Morgan fingerprint density at radius 3 is 2.88 bits per heavy atom. The Kier molecular flexibility index (Phi) is 4.71. The molecule has 24 heavy (non-hydrogen) atoms. The third-order valence-corrected chi connectivity index (χ3v) is 4.30. The van der Waals surface area contributed by atoms with Crippen LogP contribution in [0.3, 0.4) is 0 Å². The molecule has 1 aliphatic heterocycles. The lowest BCUT2D eigenvalue weighted by atomic mass is 9.98. The summed E-state index contributed by atoms with van der Waals surface area (Å²) in [5.41, 5.74) is 4.08. The number of carbonyl (C=O) groups excluding carboxylic acids is 1. The number of fused-ring (bicyclic) bond motifs is 1. The number of hydrogen-bond acceptors (Lipinski definition) is 4. The summed E-state index contributed by atoms with van der Waals surface area (Å²) in [6.07, 6.45) is 0. The Balaban J connectivity index is 1.96. The number of phenols is 1. The lowest BCUT2D eigenvalue weighted by molar-refractivity contribution is -0.121. The molecule has 0 aliphatic carbocycles. The molecule has 3 rings (SSSR count). The summed E-state index contributed by atoms with van der Waals surface area (Å²) in [5, 5.41) is 13.0. The van der Waals surface area contributed by atoms with E-state index in [-0.39, 0.29) is 11.7 Å². The van der Waals surface area contributed by atoms with Gasteiger partial charge in [-0.05, 0) is 35.7 Å². The number of amides is 1. The van der Waals surface area contributed by atoms with Crippen molar-refractivity contribution >= 4 is 5.91 Å². The molecule has 1 aliphatic rings. The second-order valence-electron chi connectivity index (χ2n) is 6.03. The van der Waals surface area contributed by atoms with Gasteiger partial charge in [-0.15, -0.1) is 0 Å². The molecule has 0 bridgehead atoms. The number of aryl methyl sites for hydroxylation is 1. The first-order valence-electron chi connectivity index (χ1n) is 8.06. The van der Waals surface area contributed by atoms with E-state index in [0.29, 0.717) is 32.0 Å². The number of benzene rings is 2. The lowest BCUT2D eigenvalue weighted by Crippen LogP contribution is -2.36. The molecule has 0 saturated carbocycles. The molecule has 1 amide bonds. The molecule has 5 heteroatoms. The van der Waals surface area contributed by atoms with E-state index in [4.69, 9.17) is 4.74 Å². The van der Waals surface area contributed by atoms with Crippen LogP contribution in [-0.2, 0) is 11.3 Å². The zero-order valence-corrected chi connectivity index (χ0v) is 14.0. The maximum Gasteiger partial charge on any atom is 0.233 e. The van der Waals surface area contributed by atoms with E-state index in [1.54, 1.807) is 13.1 Å². The summed E-state index contributed by atoms with van der Waals surface area (Å²) < 4.78 is 5.72. The molecule has 2 aromatic rings. The molecule has 5 nitrogen and oxygen atoms in total. The van der Waals surface area contributed by atoms with Crippen LogP contribution in [0.15, 0.2) is 36.4 Å². The first kappa shape index (κ1) is 16.3. The molecule has 0 atom stereocenters. The third-order valence-electron chi connectivity index (χ3n) is 4.30. The Morgan fingerprint density at radius 2 is 2.12 bits per heavy atom. The number of carbonyl (C=O) groups is 1. The average molecular weight is 326 g/mol. The van der Waals surface area contributed by atoms with E-state index in [1.165, 1.54) is 0 Å². The summed E-state index contributed by atoms with van der Waals surface area (Å²) in [7, 11) is 1.63. The molecule has 0 spiro atoms. The Labute approximate surface area is 141 Å². The molecule has 0 radical (unpaired) electrons. The minimum Gasteiger partial charge on any atom is -0.504 e. The SMILES string of the molecule is CNC(=O)CN1CCOc2c(O)cc(-c3ccccc3C)cc2C1. The zero-order valence-electron chi connectivity index (χ0n) is 14.0. The van der Waals surface area contributed by atoms with Crippen LogP contribution in [0.5, 0.6) is 11.5 Å². The normalized spacial score (nSPS) is 14.4. The van der Waals surface area contributed by atoms with Gasteiger partial charge >= 0.3 is 0 Å². The van der Waals surface area contributed by atoms with Crippen LogP contribution in [0, 0.1) is 6.92 Å². The molecular formula is C19H22N2O3. The van der Waals surface area contributed by atoms with E-state index in [9.17, 15) is 9.90 Å². The summed E-state index contributed by atoms with van der Waals surface area (Å²) in [6.45, 7) is 4.01. The fourth-order valence-corrected chi connectivity index (χ4v) is 3.02. The van der Waals surface area contributed by atoms with Gasteiger partial charge < -0.3 is 15.2 Å². The van der Waals surface area contributed by atoms with Crippen molar-refractivity contribution in [3.05, 3.63) is 47.5 Å². The Bertz CT molecular complexity index is 758. The molecule has 0 aromatic heterocycles. The van der Waals surface area contributed by atoms with Crippen molar-refractivity contribution in [3.8, 4) is 22.6 Å². The predicted molar refractivity (Wildman–Crippen MR) is 93.1 cm³/mol. The molecule has 0 saturated heterocycles. The molecule has 2 aromatic carbocycles. The largest absolute Gasteiger partial charge is 0.504 e. The molecule has 0 fully saturated rings. The van der Waals surface area contributed by atoms with Crippen molar-refractivity contribution in [1.29, 1.82) is 0 Å². The average Bonchev–Trinajstić information content (AvgIpc) is 2.77. The van der Waals surface area contributed by atoms with E-state index in [1.807, 2.05) is 42.2 Å². The lowest BCUT2D eigenvalue weighted by Gasteiger charge is -2.18. The minimum absolute atomic E-state index is 0.0299. The summed E-state index contributed by atoms with van der Waals surface area (Å²) in [6, 6.07) is 11.9. The van der Waals surface area contributed by atoms with Gasteiger partial charge in [-0.1, -0.05) is 24.3 Å². The molecule has 2 N–H and O–H groups in total. The van der Waals surface area contributed by atoms with Gasteiger partial charge in [0.1, 0.15) is 6.61 Å². The second kappa shape index (κ2) is 6.93. The highest BCUT2D eigenvalue weighted by Crippen LogP contribution is 2.38. The quantitative estimate of drug-likeness (QED) is 0.909. The maximum absolute atomic E-state index is 11.7. The van der Waals surface area contributed by atoms with Crippen LogP contribution in [0.2, 0.25) is 0 Å². The van der Waals surface area contributed by atoms with E-state index >= 15 is 0 Å². The van der Waals surface area contributed by atoms with Gasteiger partial charge in [0.25, 0.3) is 0 Å². The summed E-state index contributed by atoms with van der Waals surface area (Å²) in [5.74, 6) is 0.636. The molecular weight excluding hydrogens is 304 g/mol. The van der Waals surface area contributed by atoms with Crippen molar-refractivity contribution in [2.75, 3.05) is 26.7 Å². The second-order valence-corrected chi connectivity index (χ2v) is 6.03. The molecule has 126 valence electrons. The number of rotatable bonds is 3. The van der Waals surface area contributed by atoms with E-state index < -0.39 is 0 Å². The number of phenolic OH excluding ortho intramolecular Hbond substituents is 1. The van der Waals surface area contributed by atoms with Crippen molar-refractivity contribution < 1.29 is 14.6 Å². The van der Waals surface area contributed by atoms with Gasteiger partial charge in [-0.3, -0.25) is 9.69 Å². The van der Waals surface area contributed by atoms with Crippen LogP contribution in [-0.4, -0.2) is 42.7 Å². The summed E-state index contributed by atoms with van der Waals surface area (Å²) in [4.78, 5) is 13.7. The summed E-state index contributed by atoms with van der Waals surface area (Å²) >= 11 is 0. The smallest absolute Gasteiger partial charge is 0.233 e. The van der Waals surface area contributed by atoms with Gasteiger partial charge in [0, 0.05) is 25.7 Å². The highest BCUT2D eigenvalue weighted by molar-refractivity contribution is 5.77. The van der Waals surface area contributed by atoms with Gasteiger partial charge in [-0.2, -0.15) is 0 Å². The maximum atomic E-state index is 11.7. The van der Waals surface area contributed by atoms with Gasteiger partial charge in [0.2, 0.25) is 5.91 Å². The highest BCUT2D eigenvalue weighted by Gasteiger charge is 2.21. The number of likely N-dealkylation sites (N-methyl/N-ethyl adjacent to an activating group) is 1. The van der Waals surface area contributed by atoms with E-state index in [2.05, 4.69) is 5.32 Å². The predicted octanol–water partition coefficient (Wildman–Crippen LogP) is 2.31. The monoisotopic (exact) mass is 326 g/mol. The van der Waals surface area contributed by atoms with Crippen LogP contribution in [0.4, 0.5) is 0 Å². The van der Waals surface area contributed by atoms with Gasteiger partial charge in [0.05, 0.1) is 6.54 Å². The van der Waals surface area contributed by atoms with Crippen molar-refractivity contribution in [1.82, 2.24) is 10.2 Å². The molecule has 0 unspecified atom stereocenters. The van der Waals surface area contributed by atoms with Crippen molar-refractivity contribution in [3.63, 3.8) is 0 Å². The van der Waals surface area contributed by atoms with Crippen molar-refractivity contribution in [2.45, 2.75) is 13.5 Å². The number of nitrogens with zero attached hydrogens (tertiary/aromatic N) is 1. The zero-order chi connectivity index (χ0) is 17.1. The third kappa shape index (κ3) is 3.36. The Hall–Kier alpha value is -2.53. The number of aromatic hydroxyl groups is 1. The van der Waals surface area contributed by atoms with Gasteiger partial charge in [-0.25, -0.2) is 0 Å². The fraction of sp³-hybridized carbons (Fsp3) is 0.316. The fourth-order valence-electron chi connectivity index (χ4n) is 3.02. The van der Waals surface area contributed by atoms with Gasteiger partial charge in [0.15, 0.2) is 11.5 Å². The number of ether oxygens (including phenoxy) is 1. The van der Waals surface area contributed by atoms with Crippen LogP contribution >= 0.6 is 0 Å². The number of nitrogens with one attached hydrogen (secondary N) is 1. The standard InChI is InChI=1S/C19H22N2O3/c1-13-5-3-4-6-16(13)14-9-15-11-21(12-18(23)20-2)7-8-24-19(15)17(22)10-14/h3-6,9-10,22H,7-8,11-12H2,1-2H3,(H,20,23). The first-order chi connectivity index (χ1) is 11.6. The van der Waals surface area contributed by atoms with Crippen LogP contribution in [0.25, 0.3) is 11.1 Å². The molecule has 1 heterocycles. The minimum atomic E-state index is -0.0299. The number of hydrogen-bond donors (Lipinski definition) is 2. The van der Waals surface area contributed by atoms with Crippen LogP contribution in [0.1, 0.15) is 11.1 Å². The Morgan fingerprint density at radius 1 is 1.33 bits per heavy atom. The van der Waals surface area contributed by atoms with E-state index in [0.717, 1.165) is 22.3 Å². The first-order valence-corrected chi connectivity index (χ1v) is 8.06.